The van der Waals surface area contributed by atoms with Gasteiger partial charge in [-0.2, -0.15) is 0 Å². The fourth-order valence-electron chi connectivity index (χ4n) is 1.67. The maximum absolute atomic E-state index is 12.1. The molecule has 0 spiro atoms. The molecule has 1 aromatic heterocycles. The lowest BCUT2D eigenvalue weighted by molar-refractivity contribution is -0.384. The van der Waals surface area contributed by atoms with Gasteiger partial charge in [0.15, 0.2) is 5.82 Å². The predicted molar refractivity (Wildman–Crippen MR) is 72.6 cm³/mol. The largest absolute Gasteiger partial charge is 0.383 e. The summed E-state index contributed by atoms with van der Waals surface area (Å²) >= 11 is 0. The van der Waals surface area contributed by atoms with Crippen molar-refractivity contribution in [1.82, 2.24) is 9.97 Å². The molecular formula is C12H11N5O3. The van der Waals surface area contributed by atoms with E-state index in [1.807, 2.05) is 0 Å². The summed E-state index contributed by atoms with van der Waals surface area (Å²) in [7, 11) is 1.55. The molecule has 8 heteroatoms. The summed E-state index contributed by atoms with van der Waals surface area (Å²) in [6.45, 7) is 0. The van der Waals surface area contributed by atoms with Crippen molar-refractivity contribution in [3.8, 4) is 0 Å². The Hall–Kier alpha value is -3.03. The van der Waals surface area contributed by atoms with Crippen LogP contribution < -0.4 is 10.6 Å². The van der Waals surface area contributed by atoms with E-state index in [4.69, 9.17) is 0 Å². The third-order valence-electron chi connectivity index (χ3n) is 2.54. The number of anilines is 2. The van der Waals surface area contributed by atoms with Crippen LogP contribution in [0.1, 0.15) is 10.4 Å². The number of nitro groups is 1. The van der Waals surface area contributed by atoms with Crippen LogP contribution in [0.4, 0.5) is 17.2 Å². The number of nitro benzene ring substituents is 1. The van der Waals surface area contributed by atoms with Gasteiger partial charge in [-0.15, -0.1) is 0 Å². The first kappa shape index (κ1) is 13.4. The Balaban J connectivity index is 2.37. The van der Waals surface area contributed by atoms with E-state index >= 15 is 0 Å². The van der Waals surface area contributed by atoms with Crippen LogP contribution in [0.3, 0.4) is 0 Å². The summed E-state index contributed by atoms with van der Waals surface area (Å²) in [4.78, 5) is 30.3. The number of aromatic nitrogens is 2. The quantitative estimate of drug-likeness (QED) is 0.647. The molecule has 0 aliphatic carbocycles. The highest BCUT2D eigenvalue weighted by Gasteiger charge is 2.24. The normalized spacial score (nSPS) is 9.85. The standard InChI is InChI=1S/C12H11N5O3/c1-13-9-4-2-3-8(11(9)17(19)20)12(18)16-10-7-14-5-6-15-10/h2-7,13H,1H3,(H,15,16,18). The number of amides is 1. The maximum atomic E-state index is 12.1. The minimum atomic E-state index is -0.616. The van der Waals surface area contributed by atoms with E-state index in [0.29, 0.717) is 0 Å². The molecule has 0 saturated heterocycles. The fourth-order valence-corrected chi connectivity index (χ4v) is 1.67. The zero-order chi connectivity index (χ0) is 14.5. The van der Waals surface area contributed by atoms with E-state index in [1.54, 1.807) is 13.1 Å². The molecule has 0 radical (unpaired) electrons. The second kappa shape index (κ2) is 5.74. The topological polar surface area (TPSA) is 110 Å². The summed E-state index contributed by atoms with van der Waals surface area (Å²) in [5.74, 6) is -0.393. The molecule has 1 heterocycles. The van der Waals surface area contributed by atoms with Gasteiger partial charge in [-0.25, -0.2) is 4.98 Å². The molecular weight excluding hydrogens is 262 g/mol. The molecule has 0 fully saturated rings. The van der Waals surface area contributed by atoms with Crippen molar-refractivity contribution in [2.45, 2.75) is 0 Å². The van der Waals surface area contributed by atoms with Crippen LogP contribution in [-0.2, 0) is 0 Å². The van der Waals surface area contributed by atoms with Gasteiger partial charge in [-0.1, -0.05) is 6.07 Å². The second-order valence-corrected chi connectivity index (χ2v) is 3.75. The van der Waals surface area contributed by atoms with Crippen LogP contribution in [0.2, 0.25) is 0 Å². The number of nitrogens with zero attached hydrogens (tertiary/aromatic N) is 3. The number of benzene rings is 1. The average Bonchev–Trinajstić information content (AvgIpc) is 2.47. The molecule has 0 bridgehead atoms. The maximum Gasteiger partial charge on any atom is 0.305 e. The Morgan fingerprint density at radius 2 is 2.15 bits per heavy atom. The summed E-state index contributed by atoms with van der Waals surface area (Å²) < 4.78 is 0. The summed E-state index contributed by atoms with van der Waals surface area (Å²) in [6, 6.07) is 4.46. The van der Waals surface area contributed by atoms with Crippen molar-refractivity contribution < 1.29 is 9.72 Å². The Labute approximate surface area is 114 Å². The molecule has 0 aliphatic heterocycles. The number of carbonyl (C=O) groups is 1. The van der Waals surface area contributed by atoms with E-state index in [9.17, 15) is 14.9 Å². The van der Waals surface area contributed by atoms with E-state index in [-0.39, 0.29) is 22.8 Å². The number of para-hydroxylation sites is 1. The zero-order valence-electron chi connectivity index (χ0n) is 10.5. The third-order valence-corrected chi connectivity index (χ3v) is 2.54. The summed E-state index contributed by atoms with van der Waals surface area (Å²) in [6.07, 6.45) is 4.22. The summed E-state index contributed by atoms with van der Waals surface area (Å²) in [5.41, 5.74) is -0.0642. The van der Waals surface area contributed by atoms with Crippen LogP contribution in [0.25, 0.3) is 0 Å². The van der Waals surface area contributed by atoms with Gasteiger partial charge < -0.3 is 10.6 Å². The number of hydrogen-bond donors (Lipinski definition) is 2. The monoisotopic (exact) mass is 273 g/mol. The van der Waals surface area contributed by atoms with Crippen molar-refractivity contribution in [3.63, 3.8) is 0 Å². The van der Waals surface area contributed by atoms with Gasteiger partial charge in [0.25, 0.3) is 5.91 Å². The van der Waals surface area contributed by atoms with Gasteiger partial charge in [0.05, 0.1) is 11.1 Å². The first-order valence-corrected chi connectivity index (χ1v) is 5.66. The van der Waals surface area contributed by atoms with Crippen LogP contribution in [0, 0.1) is 10.1 Å². The SMILES string of the molecule is CNc1cccc(C(=O)Nc2cnccn2)c1[N+](=O)[O-]. The molecule has 8 nitrogen and oxygen atoms in total. The van der Waals surface area contributed by atoms with Crippen LogP contribution >= 0.6 is 0 Å². The molecule has 1 amide bonds. The van der Waals surface area contributed by atoms with E-state index in [2.05, 4.69) is 20.6 Å². The lowest BCUT2D eigenvalue weighted by Gasteiger charge is -2.07. The van der Waals surface area contributed by atoms with Gasteiger partial charge >= 0.3 is 5.69 Å². The average molecular weight is 273 g/mol. The number of carbonyl (C=O) groups excluding carboxylic acids is 1. The highest BCUT2D eigenvalue weighted by Crippen LogP contribution is 2.28. The Kier molecular flexibility index (Phi) is 3.85. The summed E-state index contributed by atoms with van der Waals surface area (Å²) in [5, 5.41) is 16.3. The first-order valence-electron chi connectivity index (χ1n) is 5.66. The Bertz CT molecular complexity index is 645. The molecule has 1 aromatic carbocycles. The Morgan fingerprint density at radius 3 is 2.75 bits per heavy atom. The minimum Gasteiger partial charge on any atom is -0.383 e. The molecule has 0 aliphatic rings. The molecule has 2 aromatic rings. The van der Waals surface area contributed by atoms with Crippen LogP contribution in [-0.4, -0.2) is 27.8 Å². The highest BCUT2D eigenvalue weighted by atomic mass is 16.6. The lowest BCUT2D eigenvalue weighted by Crippen LogP contribution is -2.15. The van der Waals surface area contributed by atoms with E-state index in [0.717, 1.165) is 0 Å². The van der Waals surface area contributed by atoms with Gasteiger partial charge in [0, 0.05) is 19.4 Å². The molecule has 2 N–H and O–H groups in total. The molecule has 102 valence electrons. The molecule has 0 saturated carbocycles. The van der Waals surface area contributed by atoms with E-state index < -0.39 is 10.8 Å². The van der Waals surface area contributed by atoms with E-state index in [1.165, 1.54) is 30.7 Å². The number of rotatable bonds is 4. The predicted octanol–water partition coefficient (Wildman–Crippen LogP) is 1.68. The van der Waals surface area contributed by atoms with Gasteiger partial charge in [0.2, 0.25) is 0 Å². The Morgan fingerprint density at radius 1 is 1.35 bits per heavy atom. The fraction of sp³-hybridized carbons (Fsp3) is 0.0833. The van der Waals surface area contributed by atoms with Crippen molar-refractivity contribution >= 4 is 23.1 Å². The first-order chi connectivity index (χ1) is 9.63. The second-order valence-electron chi connectivity index (χ2n) is 3.75. The zero-order valence-corrected chi connectivity index (χ0v) is 10.5. The van der Waals surface area contributed by atoms with Crippen molar-refractivity contribution in [2.75, 3.05) is 17.7 Å². The number of hydrogen-bond acceptors (Lipinski definition) is 6. The van der Waals surface area contributed by atoms with Crippen LogP contribution in [0.5, 0.6) is 0 Å². The minimum absolute atomic E-state index is 0.0486. The third kappa shape index (κ3) is 2.69. The lowest BCUT2D eigenvalue weighted by atomic mass is 10.1. The van der Waals surface area contributed by atoms with Gasteiger partial charge in [0.1, 0.15) is 11.3 Å². The smallest absolute Gasteiger partial charge is 0.305 e. The van der Waals surface area contributed by atoms with Crippen LogP contribution in [0.15, 0.2) is 36.8 Å². The molecule has 2 rings (SSSR count). The van der Waals surface area contributed by atoms with Crippen molar-refractivity contribution in [3.05, 3.63) is 52.5 Å². The number of nitrogens with one attached hydrogen (secondary N) is 2. The molecule has 0 atom stereocenters. The highest BCUT2D eigenvalue weighted by molar-refractivity contribution is 6.08. The van der Waals surface area contributed by atoms with Gasteiger partial charge in [-0.3, -0.25) is 19.9 Å². The van der Waals surface area contributed by atoms with Gasteiger partial charge in [-0.05, 0) is 12.1 Å². The molecule has 0 unspecified atom stereocenters. The molecule has 20 heavy (non-hydrogen) atoms. The van der Waals surface area contributed by atoms with Crippen molar-refractivity contribution in [2.24, 2.45) is 0 Å². The van der Waals surface area contributed by atoms with Crippen molar-refractivity contribution in [1.29, 1.82) is 0 Å².